The van der Waals surface area contributed by atoms with Crippen molar-refractivity contribution in [3.8, 4) is 0 Å². The molecule has 1 aliphatic carbocycles. The molecule has 0 spiro atoms. The Morgan fingerprint density at radius 3 is 2.94 bits per heavy atom. The molecule has 1 aliphatic rings. The van der Waals surface area contributed by atoms with Crippen molar-refractivity contribution >= 4 is 11.0 Å². The van der Waals surface area contributed by atoms with Gasteiger partial charge in [0.1, 0.15) is 5.82 Å². The second-order valence-electron chi connectivity index (χ2n) is 5.02. The van der Waals surface area contributed by atoms with Gasteiger partial charge in [-0.15, -0.1) is 0 Å². The molecule has 1 aromatic carbocycles. The summed E-state index contributed by atoms with van der Waals surface area (Å²) in [4.78, 5) is 4.77. The largest absolute Gasteiger partial charge is 0.331 e. The minimum absolute atomic E-state index is 0.708. The molecule has 1 aromatic heterocycles. The Hall–Kier alpha value is -1.35. The molecule has 0 amide bonds. The number of aryl methyl sites for hydroxylation is 2. The van der Waals surface area contributed by atoms with Crippen LogP contribution in [0.2, 0.25) is 0 Å². The van der Waals surface area contributed by atoms with E-state index in [9.17, 15) is 0 Å². The Bertz CT molecular complexity index is 538. The fourth-order valence-corrected chi connectivity index (χ4v) is 2.43. The SMILES string of the molecule is Cn1c(C2CC2)nc2cc(CCCN)ccc21. The number of aromatic nitrogens is 2. The molecule has 0 saturated heterocycles. The molecule has 3 rings (SSSR count). The van der Waals surface area contributed by atoms with E-state index < -0.39 is 0 Å². The maximum atomic E-state index is 5.55. The van der Waals surface area contributed by atoms with E-state index >= 15 is 0 Å². The quantitative estimate of drug-likeness (QED) is 0.874. The monoisotopic (exact) mass is 229 g/mol. The molecule has 1 saturated carbocycles. The van der Waals surface area contributed by atoms with Crippen molar-refractivity contribution in [1.29, 1.82) is 0 Å². The zero-order valence-corrected chi connectivity index (χ0v) is 10.3. The zero-order valence-electron chi connectivity index (χ0n) is 10.3. The number of rotatable bonds is 4. The van der Waals surface area contributed by atoms with E-state index in [-0.39, 0.29) is 0 Å². The third-order valence-corrected chi connectivity index (χ3v) is 3.59. The number of nitrogens with zero attached hydrogens (tertiary/aromatic N) is 2. The average molecular weight is 229 g/mol. The Kier molecular flexibility index (Phi) is 2.63. The first-order valence-corrected chi connectivity index (χ1v) is 6.45. The van der Waals surface area contributed by atoms with Crippen LogP contribution in [0.4, 0.5) is 0 Å². The van der Waals surface area contributed by atoms with E-state index in [1.807, 2.05) is 0 Å². The van der Waals surface area contributed by atoms with Crippen LogP contribution >= 0.6 is 0 Å². The molecule has 90 valence electrons. The molecule has 1 heterocycles. The summed E-state index contributed by atoms with van der Waals surface area (Å²) in [6.45, 7) is 0.758. The van der Waals surface area contributed by atoms with Crippen molar-refractivity contribution in [3.05, 3.63) is 29.6 Å². The van der Waals surface area contributed by atoms with Crippen LogP contribution in [-0.2, 0) is 13.5 Å². The first-order valence-electron chi connectivity index (χ1n) is 6.45. The topological polar surface area (TPSA) is 43.8 Å². The van der Waals surface area contributed by atoms with Crippen LogP contribution in [0.5, 0.6) is 0 Å². The van der Waals surface area contributed by atoms with Crippen molar-refractivity contribution in [2.45, 2.75) is 31.6 Å². The number of fused-ring (bicyclic) bond motifs is 1. The standard InChI is InChI=1S/C14H19N3/c1-17-13-7-4-10(3-2-8-15)9-12(13)16-14(17)11-5-6-11/h4,7,9,11H,2-3,5-6,8,15H2,1H3. The molecule has 1 fully saturated rings. The van der Waals surface area contributed by atoms with E-state index in [0.29, 0.717) is 5.92 Å². The fraction of sp³-hybridized carbons (Fsp3) is 0.500. The van der Waals surface area contributed by atoms with Gasteiger partial charge >= 0.3 is 0 Å². The Balaban J connectivity index is 1.98. The van der Waals surface area contributed by atoms with Crippen LogP contribution in [0.15, 0.2) is 18.2 Å². The summed E-state index contributed by atoms with van der Waals surface area (Å²) in [7, 11) is 2.13. The van der Waals surface area contributed by atoms with Gasteiger partial charge in [-0.3, -0.25) is 0 Å². The molecule has 2 N–H and O–H groups in total. The normalized spacial score (nSPS) is 15.6. The maximum absolute atomic E-state index is 5.55. The molecule has 0 radical (unpaired) electrons. The van der Waals surface area contributed by atoms with Crippen molar-refractivity contribution < 1.29 is 0 Å². The van der Waals surface area contributed by atoms with E-state index in [4.69, 9.17) is 10.7 Å². The number of hydrogen-bond acceptors (Lipinski definition) is 2. The lowest BCUT2D eigenvalue weighted by molar-refractivity contribution is 0.820. The van der Waals surface area contributed by atoms with E-state index in [2.05, 4.69) is 29.8 Å². The van der Waals surface area contributed by atoms with Crippen LogP contribution in [0.25, 0.3) is 11.0 Å². The van der Waals surface area contributed by atoms with Gasteiger partial charge in [0.15, 0.2) is 0 Å². The molecule has 3 heteroatoms. The number of hydrogen-bond donors (Lipinski definition) is 1. The van der Waals surface area contributed by atoms with Crippen molar-refractivity contribution in [1.82, 2.24) is 9.55 Å². The third-order valence-electron chi connectivity index (χ3n) is 3.59. The van der Waals surface area contributed by atoms with E-state index in [1.165, 1.54) is 29.7 Å². The molecule has 0 atom stereocenters. The van der Waals surface area contributed by atoms with Gasteiger partial charge in [-0.25, -0.2) is 4.98 Å². The highest BCUT2D eigenvalue weighted by atomic mass is 15.1. The second kappa shape index (κ2) is 4.15. The maximum Gasteiger partial charge on any atom is 0.112 e. The van der Waals surface area contributed by atoms with Gasteiger partial charge < -0.3 is 10.3 Å². The lowest BCUT2D eigenvalue weighted by Crippen LogP contribution is -2.00. The van der Waals surface area contributed by atoms with E-state index in [1.54, 1.807) is 0 Å². The highest BCUT2D eigenvalue weighted by molar-refractivity contribution is 5.77. The average Bonchev–Trinajstić information content (AvgIpc) is 3.13. The molecule has 0 unspecified atom stereocenters. The van der Waals surface area contributed by atoms with Gasteiger partial charge in [-0.1, -0.05) is 6.07 Å². The molecular weight excluding hydrogens is 210 g/mol. The number of imidazole rings is 1. The van der Waals surface area contributed by atoms with Gasteiger partial charge in [0.25, 0.3) is 0 Å². The van der Waals surface area contributed by atoms with Crippen LogP contribution in [0, 0.1) is 0 Å². The van der Waals surface area contributed by atoms with Gasteiger partial charge in [0.05, 0.1) is 11.0 Å². The molecule has 3 nitrogen and oxygen atoms in total. The molecule has 2 aromatic rings. The van der Waals surface area contributed by atoms with E-state index in [0.717, 1.165) is 24.9 Å². The van der Waals surface area contributed by atoms with Crippen LogP contribution in [-0.4, -0.2) is 16.1 Å². The summed E-state index contributed by atoms with van der Waals surface area (Å²) < 4.78 is 2.25. The van der Waals surface area contributed by atoms with Gasteiger partial charge in [0, 0.05) is 13.0 Å². The molecule has 17 heavy (non-hydrogen) atoms. The first kappa shape index (κ1) is 10.8. The molecule has 0 aliphatic heterocycles. The Morgan fingerprint density at radius 1 is 1.41 bits per heavy atom. The predicted octanol–water partition coefficient (Wildman–Crippen LogP) is 2.34. The molecule has 0 bridgehead atoms. The summed E-state index contributed by atoms with van der Waals surface area (Å²) in [6, 6.07) is 6.62. The third kappa shape index (κ3) is 1.95. The summed E-state index contributed by atoms with van der Waals surface area (Å²) >= 11 is 0. The highest BCUT2D eigenvalue weighted by Crippen LogP contribution is 2.40. The van der Waals surface area contributed by atoms with Crippen LogP contribution in [0.1, 0.15) is 36.6 Å². The Labute approximate surface area is 102 Å². The summed E-state index contributed by atoms with van der Waals surface area (Å²) in [5.41, 5.74) is 9.29. The van der Waals surface area contributed by atoms with Gasteiger partial charge in [0.2, 0.25) is 0 Å². The smallest absolute Gasteiger partial charge is 0.112 e. The zero-order chi connectivity index (χ0) is 11.8. The minimum Gasteiger partial charge on any atom is -0.331 e. The lowest BCUT2D eigenvalue weighted by atomic mass is 10.1. The van der Waals surface area contributed by atoms with Gasteiger partial charge in [-0.2, -0.15) is 0 Å². The summed E-state index contributed by atoms with van der Waals surface area (Å²) in [5.74, 6) is 1.97. The summed E-state index contributed by atoms with van der Waals surface area (Å²) in [5, 5.41) is 0. The Morgan fingerprint density at radius 2 is 2.24 bits per heavy atom. The minimum atomic E-state index is 0.708. The van der Waals surface area contributed by atoms with Crippen molar-refractivity contribution in [2.24, 2.45) is 12.8 Å². The van der Waals surface area contributed by atoms with Crippen molar-refractivity contribution in [3.63, 3.8) is 0 Å². The van der Waals surface area contributed by atoms with Crippen LogP contribution in [0.3, 0.4) is 0 Å². The fourth-order valence-electron chi connectivity index (χ4n) is 2.43. The molecular formula is C14H19N3. The van der Waals surface area contributed by atoms with Crippen LogP contribution < -0.4 is 5.73 Å². The summed E-state index contributed by atoms with van der Waals surface area (Å²) in [6.07, 6.45) is 4.71. The number of nitrogens with two attached hydrogens (primary N) is 1. The second-order valence-corrected chi connectivity index (χ2v) is 5.02. The van der Waals surface area contributed by atoms with Gasteiger partial charge in [-0.05, 0) is 49.9 Å². The highest BCUT2D eigenvalue weighted by Gasteiger charge is 2.28. The predicted molar refractivity (Wildman–Crippen MR) is 70.1 cm³/mol. The first-order chi connectivity index (χ1) is 8.29. The van der Waals surface area contributed by atoms with Crippen molar-refractivity contribution in [2.75, 3.05) is 6.54 Å². The number of benzene rings is 1. The lowest BCUT2D eigenvalue weighted by Gasteiger charge is -2.01.